The van der Waals surface area contributed by atoms with Gasteiger partial charge < -0.3 is 9.84 Å². The summed E-state index contributed by atoms with van der Waals surface area (Å²) in [5.74, 6) is 0. The van der Waals surface area contributed by atoms with Crippen molar-refractivity contribution in [2.75, 3.05) is 7.11 Å². The molecular formula is C9H9N3O2S. The summed E-state index contributed by atoms with van der Waals surface area (Å²) in [5, 5.41) is 12.3. The van der Waals surface area contributed by atoms with Gasteiger partial charge in [0.05, 0.1) is 7.11 Å². The summed E-state index contributed by atoms with van der Waals surface area (Å²) in [5.41, 5.74) is 0.603. The quantitative estimate of drug-likeness (QED) is 0.841. The second kappa shape index (κ2) is 4.33. The highest BCUT2D eigenvalue weighted by Crippen LogP contribution is 2.22. The van der Waals surface area contributed by atoms with Gasteiger partial charge in [0.25, 0.3) is 0 Å². The number of thiazole rings is 1. The molecule has 6 heteroatoms. The molecule has 2 rings (SSSR count). The van der Waals surface area contributed by atoms with Gasteiger partial charge in [-0.2, -0.15) is 0 Å². The molecule has 5 nitrogen and oxygen atoms in total. The molecule has 0 aliphatic rings. The van der Waals surface area contributed by atoms with Crippen molar-refractivity contribution in [3.63, 3.8) is 0 Å². The van der Waals surface area contributed by atoms with Crippen LogP contribution in [0.2, 0.25) is 0 Å². The molecule has 0 spiro atoms. The number of rotatable bonds is 3. The molecule has 0 saturated carbocycles. The van der Waals surface area contributed by atoms with Gasteiger partial charge in [-0.1, -0.05) is 0 Å². The first-order valence-electron chi connectivity index (χ1n) is 4.24. The normalized spacial score (nSPS) is 12.4. The van der Waals surface area contributed by atoms with E-state index in [-0.39, 0.29) is 6.01 Å². The standard InChI is InChI=1S/C9H9N3O2S/c1-14-9-11-4-6(5-12-9)7(13)8-10-2-3-15-8/h2-5,7,13H,1H3. The first-order valence-corrected chi connectivity index (χ1v) is 5.12. The fourth-order valence-corrected chi connectivity index (χ4v) is 1.73. The van der Waals surface area contributed by atoms with Crippen molar-refractivity contribution < 1.29 is 9.84 Å². The maximum Gasteiger partial charge on any atom is 0.316 e. The van der Waals surface area contributed by atoms with Gasteiger partial charge in [0.15, 0.2) is 0 Å². The lowest BCUT2D eigenvalue weighted by Crippen LogP contribution is -2.01. The van der Waals surface area contributed by atoms with Crippen molar-refractivity contribution in [3.05, 3.63) is 34.5 Å². The number of hydrogen-bond donors (Lipinski definition) is 1. The van der Waals surface area contributed by atoms with E-state index in [9.17, 15) is 5.11 Å². The van der Waals surface area contributed by atoms with Gasteiger partial charge in [-0.3, -0.25) is 0 Å². The van der Waals surface area contributed by atoms with E-state index in [2.05, 4.69) is 15.0 Å². The Hall–Kier alpha value is -1.53. The molecule has 0 amide bonds. The SMILES string of the molecule is COc1ncc(C(O)c2nccs2)cn1. The van der Waals surface area contributed by atoms with Crippen molar-refractivity contribution in [1.82, 2.24) is 15.0 Å². The largest absolute Gasteiger partial charge is 0.467 e. The lowest BCUT2D eigenvalue weighted by Gasteiger charge is -2.06. The number of methoxy groups -OCH3 is 1. The van der Waals surface area contributed by atoms with Crippen LogP contribution < -0.4 is 4.74 Å². The summed E-state index contributed by atoms with van der Waals surface area (Å²) in [7, 11) is 1.49. The van der Waals surface area contributed by atoms with E-state index in [0.29, 0.717) is 10.6 Å². The third-order valence-electron chi connectivity index (χ3n) is 1.83. The Bertz CT molecular complexity index is 415. The van der Waals surface area contributed by atoms with Gasteiger partial charge in [0, 0.05) is 29.5 Å². The Balaban J connectivity index is 2.22. The number of nitrogens with zero attached hydrogens (tertiary/aromatic N) is 3. The van der Waals surface area contributed by atoms with E-state index in [1.165, 1.54) is 30.8 Å². The maximum atomic E-state index is 9.87. The third-order valence-corrected chi connectivity index (χ3v) is 2.66. The Morgan fingerprint density at radius 2 is 2.07 bits per heavy atom. The fraction of sp³-hybridized carbons (Fsp3) is 0.222. The maximum absolute atomic E-state index is 9.87. The zero-order valence-corrected chi connectivity index (χ0v) is 8.81. The predicted octanol–water partition coefficient (Wildman–Crippen LogP) is 1.02. The summed E-state index contributed by atoms with van der Waals surface area (Å²) in [6, 6.07) is 0.282. The van der Waals surface area contributed by atoms with Crippen LogP contribution in [0.1, 0.15) is 16.7 Å². The second-order valence-electron chi connectivity index (χ2n) is 2.78. The molecule has 2 heterocycles. The summed E-state index contributed by atoms with van der Waals surface area (Å²) >= 11 is 1.39. The molecule has 1 N–H and O–H groups in total. The average Bonchev–Trinajstić information content (AvgIpc) is 2.82. The molecule has 0 saturated heterocycles. The van der Waals surface area contributed by atoms with Crippen LogP contribution in [-0.4, -0.2) is 27.2 Å². The van der Waals surface area contributed by atoms with Gasteiger partial charge in [-0.15, -0.1) is 11.3 Å². The Labute approximate surface area is 90.4 Å². The van der Waals surface area contributed by atoms with Gasteiger partial charge >= 0.3 is 6.01 Å². The van der Waals surface area contributed by atoms with E-state index in [4.69, 9.17) is 4.74 Å². The summed E-state index contributed by atoms with van der Waals surface area (Å²) < 4.78 is 4.82. The van der Waals surface area contributed by atoms with Crippen molar-refractivity contribution >= 4 is 11.3 Å². The van der Waals surface area contributed by atoms with Crippen LogP contribution in [-0.2, 0) is 0 Å². The topological polar surface area (TPSA) is 68.1 Å². The van der Waals surface area contributed by atoms with Crippen molar-refractivity contribution in [3.8, 4) is 6.01 Å². The lowest BCUT2D eigenvalue weighted by atomic mass is 10.2. The Kier molecular flexibility index (Phi) is 2.89. The fourth-order valence-electron chi connectivity index (χ4n) is 1.08. The van der Waals surface area contributed by atoms with Gasteiger partial charge in [0.2, 0.25) is 0 Å². The minimum atomic E-state index is -0.768. The van der Waals surface area contributed by atoms with E-state index >= 15 is 0 Å². The monoisotopic (exact) mass is 223 g/mol. The smallest absolute Gasteiger partial charge is 0.316 e. The molecular weight excluding hydrogens is 214 g/mol. The summed E-state index contributed by atoms with van der Waals surface area (Å²) in [4.78, 5) is 11.8. The van der Waals surface area contributed by atoms with Crippen LogP contribution in [0.25, 0.3) is 0 Å². The second-order valence-corrected chi connectivity index (χ2v) is 3.70. The Morgan fingerprint density at radius 3 is 2.60 bits per heavy atom. The van der Waals surface area contributed by atoms with E-state index in [1.807, 2.05) is 5.38 Å². The van der Waals surface area contributed by atoms with E-state index in [1.54, 1.807) is 6.20 Å². The molecule has 15 heavy (non-hydrogen) atoms. The van der Waals surface area contributed by atoms with Crippen LogP contribution >= 0.6 is 11.3 Å². The van der Waals surface area contributed by atoms with Gasteiger partial charge in [0.1, 0.15) is 11.1 Å². The molecule has 0 radical (unpaired) electrons. The number of hydrogen-bond acceptors (Lipinski definition) is 6. The van der Waals surface area contributed by atoms with Crippen molar-refractivity contribution in [2.24, 2.45) is 0 Å². The van der Waals surface area contributed by atoms with Crippen LogP contribution in [0.3, 0.4) is 0 Å². The Morgan fingerprint density at radius 1 is 1.33 bits per heavy atom. The summed E-state index contributed by atoms with van der Waals surface area (Å²) in [6.07, 6.45) is 3.93. The highest BCUT2D eigenvalue weighted by molar-refractivity contribution is 7.09. The van der Waals surface area contributed by atoms with Crippen LogP contribution in [0, 0.1) is 0 Å². The molecule has 78 valence electrons. The van der Waals surface area contributed by atoms with Crippen LogP contribution in [0.4, 0.5) is 0 Å². The molecule has 0 bridgehead atoms. The van der Waals surface area contributed by atoms with Gasteiger partial charge in [-0.25, -0.2) is 15.0 Å². The average molecular weight is 223 g/mol. The zero-order valence-electron chi connectivity index (χ0n) is 7.99. The molecule has 0 fully saturated rings. The molecule has 2 aromatic rings. The molecule has 2 aromatic heterocycles. The minimum absolute atomic E-state index is 0.282. The number of aliphatic hydroxyl groups excluding tert-OH is 1. The summed E-state index contributed by atoms with van der Waals surface area (Å²) in [6.45, 7) is 0. The molecule has 0 aliphatic carbocycles. The predicted molar refractivity (Wildman–Crippen MR) is 54.8 cm³/mol. The van der Waals surface area contributed by atoms with Crippen molar-refractivity contribution in [1.29, 1.82) is 0 Å². The number of ether oxygens (including phenoxy) is 1. The molecule has 0 aliphatic heterocycles. The van der Waals surface area contributed by atoms with Crippen LogP contribution in [0.15, 0.2) is 24.0 Å². The first-order chi connectivity index (χ1) is 7.31. The number of aliphatic hydroxyl groups is 1. The zero-order chi connectivity index (χ0) is 10.7. The molecule has 1 atom stereocenters. The van der Waals surface area contributed by atoms with Gasteiger partial charge in [-0.05, 0) is 0 Å². The third kappa shape index (κ3) is 2.11. The highest BCUT2D eigenvalue weighted by atomic mass is 32.1. The lowest BCUT2D eigenvalue weighted by molar-refractivity contribution is 0.218. The molecule has 1 unspecified atom stereocenters. The molecule has 0 aromatic carbocycles. The number of aromatic nitrogens is 3. The highest BCUT2D eigenvalue weighted by Gasteiger charge is 2.13. The minimum Gasteiger partial charge on any atom is -0.467 e. The van der Waals surface area contributed by atoms with Crippen molar-refractivity contribution in [2.45, 2.75) is 6.10 Å². The van der Waals surface area contributed by atoms with E-state index < -0.39 is 6.10 Å². The van der Waals surface area contributed by atoms with Crippen LogP contribution in [0.5, 0.6) is 6.01 Å². The first kappa shape index (κ1) is 10.0. The van der Waals surface area contributed by atoms with E-state index in [0.717, 1.165) is 0 Å².